The molecule has 9 nitrogen and oxygen atoms in total. The highest BCUT2D eigenvalue weighted by atomic mass is 35.5. The Labute approximate surface area is 203 Å². The van der Waals surface area contributed by atoms with E-state index in [1.807, 2.05) is 18.2 Å². The van der Waals surface area contributed by atoms with Crippen LogP contribution in [0.5, 0.6) is 0 Å². The average molecular weight is 499 g/mol. The summed E-state index contributed by atoms with van der Waals surface area (Å²) in [5, 5.41) is 15.1. The molecule has 4 rings (SSSR count). The van der Waals surface area contributed by atoms with Gasteiger partial charge >= 0.3 is 5.97 Å². The Morgan fingerprint density at radius 1 is 1.24 bits per heavy atom. The molecule has 1 atom stereocenters. The summed E-state index contributed by atoms with van der Waals surface area (Å²) in [4.78, 5) is 43.8. The Balaban J connectivity index is 1.77. The topological polar surface area (TPSA) is 127 Å². The van der Waals surface area contributed by atoms with Crippen molar-refractivity contribution in [2.45, 2.75) is 23.8 Å². The molecule has 1 aliphatic rings. The monoisotopic (exact) mass is 498 g/mol. The number of aromatic nitrogens is 2. The van der Waals surface area contributed by atoms with E-state index in [2.05, 4.69) is 15.3 Å². The normalized spacial score (nSPS) is 14.9. The van der Waals surface area contributed by atoms with E-state index in [1.54, 1.807) is 13.0 Å². The van der Waals surface area contributed by atoms with Crippen LogP contribution in [0.3, 0.4) is 0 Å². The molecule has 0 unspecified atom stereocenters. The van der Waals surface area contributed by atoms with Gasteiger partial charge in [-0.1, -0.05) is 53.7 Å². The first-order valence-corrected chi connectivity index (χ1v) is 11.5. The molecule has 2 heterocycles. The minimum Gasteiger partial charge on any atom is -0.466 e. The summed E-state index contributed by atoms with van der Waals surface area (Å²) in [5.74, 6) is -0.632. The van der Waals surface area contributed by atoms with Gasteiger partial charge < -0.3 is 15.0 Å². The van der Waals surface area contributed by atoms with Crippen LogP contribution < -0.4 is 10.9 Å². The van der Waals surface area contributed by atoms with Crippen LogP contribution in [0.25, 0.3) is 0 Å². The second-order valence-corrected chi connectivity index (χ2v) is 8.82. The molecule has 3 aromatic rings. The standard InChI is InChI=1S/C23H19ClN4O5S/c1-12-17(22(30)33-2)18(13-7-9-15(10-8-13)28(31)32)19-20(25-12)26-23(27-21(19)29)34-11-14-5-3-4-6-16(14)24/h3-10,18H,11H2,1-2H3,(H2,25,26,27,29)/t18-/m0/s1. The number of halogens is 1. The zero-order valence-corrected chi connectivity index (χ0v) is 19.7. The van der Waals surface area contributed by atoms with Crippen LogP contribution in [0.15, 0.2) is 69.8 Å². The molecule has 174 valence electrons. The third-order valence-corrected chi connectivity index (χ3v) is 6.68. The van der Waals surface area contributed by atoms with Crippen molar-refractivity contribution in [2.75, 3.05) is 12.4 Å². The summed E-state index contributed by atoms with van der Waals surface area (Å²) in [6.07, 6.45) is 0. The number of carbonyl (C=O) groups excluding carboxylic acids is 1. The van der Waals surface area contributed by atoms with Crippen LogP contribution in [-0.4, -0.2) is 28.0 Å². The van der Waals surface area contributed by atoms with E-state index in [0.29, 0.717) is 33.0 Å². The van der Waals surface area contributed by atoms with Crippen LogP contribution in [0.2, 0.25) is 5.02 Å². The Bertz CT molecular complexity index is 1370. The highest BCUT2D eigenvalue weighted by Gasteiger charge is 2.36. The van der Waals surface area contributed by atoms with Crippen molar-refractivity contribution in [3.8, 4) is 0 Å². The van der Waals surface area contributed by atoms with E-state index < -0.39 is 22.4 Å². The number of fused-ring (bicyclic) bond motifs is 1. The highest BCUT2D eigenvalue weighted by Crippen LogP contribution is 2.40. The number of hydrogen-bond acceptors (Lipinski definition) is 8. The van der Waals surface area contributed by atoms with Gasteiger partial charge in [0.2, 0.25) is 0 Å². The number of thioether (sulfide) groups is 1. The number of non-ortho nitro benzene ring substituents is 1. The number of aromatic amines is 1. The summed E-state index contributed by atoms with van der Waals surface area (Å²) in [5.41, 5.74) is 1.82. The first-order valence-electron chi connectivity index (χ1n) is 10.1. The summed E-state index contributed by atoms with van der Waals surface area (Å²) in [6.45, 7) is 1.69. The van der Waals surface area contributed by atoms with Gasteiger partial charge in [0.15, 0.2) is 5.16 Å². The molecule has 1 aromatic heterocycles. The fraction of sp³-hybridized carbons (Fsp3) is 0.174. The lowest BCUT2D eigenvalue weighted by atomic mass is 9.82. The zero-order valence-electron chi connectivity index (χ0n) is 18.1. The molecule has 0 saturated carbocycles. The van der Waals surface area contributed by atoms with Gasteiger partial charge in [-0.25, -0.2) is 9.78 Å². The van der Waals surface area contributed by atoms with Gasteiger partial charge in [-0.3, -0.25) is 14.9 Å². The van der Waals surface area contributed by atoms with Crippen molar-refractivity contribution in [1.29, 1.82) is 0 Å². The number of rotatable bonds is 6. The number of nitrogens with one attached hydrogen (secondary N) is 2. The van der Waals surface area contributed by atoms with Crippen molar-refractivity contribution in [3.63, 3.8) is 0 Å². The maximum Gasteiger partial charge on any atom is 0.336 e. The number of nitrogens with zero attached hydrogens (tertiary/aromatic N) is 2. The number of nitro benzene ring substituents is 1. The number of esters is 1. The van der Waals surface area contributed by atoms with E-state index in [-0.39, 0.29) is 16.8 Å². The third kappa shape index (κ3) is 4.55. The largest absolute Gasteiger partial charge is 0.466 e. The first kappa shape index (κ1) is 23.5. The second kappa shape index (κ2) is 9.70. The number of anilines is 1. The van der Waals surface area contributed by atoms with E-state index in [0.717, 1.165) is 5.56 Å². The molecule has 34 heavy (non-hydrogen) atoms. The molecule has 1 aliphatic heterocycles. The Kier molecular flexibility index (Phi) is 6.71. The van der Waals surface area contributed by atoms with Crippen LogP contribution in [0.4, 0.5) is 11.5 Å². The quantitative estimate of drug-likeness (QED) is 0.165. The molecule has 0 spiro atoms. The molecule has 0 bridgehead atoms. The minimum atomic E-state index is -0.816. The third-order valence-electron chi connectivity index (χ3n) is 5.39. The zero-order chi connectivity index (χ0) is 24.4. The summed E-state index contributed by atoms with van der Waals surface area (Å²) >= 11 is 7.54. The maximum atomic E-state index is 13.2. The van der Waals surface area contributed by atoms with E-state index in [1.165, 1.54) is 43.1 Å². The van der Waals surface area contributed by atoms with Crippen molar-refractivity contribution in [3.05, 3.63) is 102 Å². The molecule has 0 radical (unpaired) electrons. The fourth-order valence-corrected chi connectivity index (χ4v) is 4.91. The molecule has 0 aliphatic carbocycles. The average Bonchev–Trinajstić information content (AvgIpc) is 2.82. The second-order valence-electron chi connectivity index (χ2n) is 7.45. The van der Waals surface area contributed by atoms with E-state index >= 15 is 0 Å². The van der Waals surface area contributed by atoms with Crippen LogP contribution >= 0.6 is 23.4 Å². The molecule has 11 heteroatoms. The van der Waals surface area contributed by atoms with Crippen LogP contribution in [0.1, 0.15) is 29.5 Å². The number of carbonyl (C=O) groups is 1. The summed E-state index contributed by atoms with van der Waals surface area (Å²) in [6, 6.07) is 13.1. The van der Waals surface area contributed by atoms with Gasteiger partial charge in [0.1, 0.15) is 5.82 Å². The number of benzene rings is 2. The van der Waals surface area contributed by atoms with Crippen molar-refractivity contribution < 1.29 is 14.5 Å². The first-order chi connectivity index (χ1) is 16.3. The van der Waals surface area contributed by atoms with Gasteiger partial charge in [0, 0.05) is 28.6 Å². The van der Waals surface area contributed by atoms with Crippen molar-refractivity contribution >= 4 is 40.8 Å². The fourth-order valence-electron chi connectivity index (χ4n) is 3.76. The van der Waals surface area contributed by atoms with Gasteiger partial charge in [0.25, 0.3) is 11.2 Å². The Morgan fingerprint density at radius 3 is 2.59 bits per heavy atom. The number of nitro groups is 1. The van der Waals surface area contributed by atoms with Crippen LogP contribution in [-0.2, 0) is 15.3 Å². The Hall–Kier alpha value is -3.63. The Morgan fingerprint density at radius 2 is 1.94 bits per heavy atom. The molecular formula is C23H19ClN4O5S. The number of hydrogen-bond donors (Lipinski definition) is 2. The molecule has 0 saturated heterocycles. The number of ether oxygens (including phenoxy) is 1. The lowest BCUT2D eigenvalue weighted by Crippen LogP contribution is -2.31. The number of methoxy groups -OCH3 is 1. The predicted molar refractivity (Wildman–Crippen MR) is 129 cm³/mol. The summed E-state index contributed by atoms with van der Waals surface area (Å²) < 4.78 is 4.96. The number of H-pyrrole nitrogens is 1. The minimum absolute atomic E-state index is 0.100. The molecular weight excluding hydrogens is 480 g/mol. The van der Waals surface area contributed by atoms with Crippen LogP contribution in [0, 0.1) is 10.1 Å². The lowest BCUT2D eigenvalue weighted by Gasteiger charge is -2.28. The van der Waals surface area contributed by atoms with Gasteiger partial charge in [-0.2, -0.15) is 0 Å². The SMILES string of the molecule is COC(=O)C1=C(C)Nc2nc(SCc3ccccc3Cl)[nH]c(=O)c2[C@H]1c1ccc([N+](=O)[O-])cc1. The molecule has 2 aromatic carbocycles. The molecule has 0 fully saturated rings. The number of allylic oxidation sites excluding steroid dienone is 1. The van der Waals surface area contributed by atoms with Crippen molar-refractivity contribution in [2.24, 2.45) is 0 Å². The van der Waals surface area contributed by atoms with E-state index in [4.69, 9.17) is 16.3 Å². The van der Waals surface area contributed by atoms with Gasteiger partial charge in [-0.05, 0) is 24.1 Å². The summed E-state index contributed by atoms with van der Waals surface area (Å²) in [7, 11) is 1.25. The highest BCUT2D eigenvalue weighted by molar-refractivity contribution is 7.98. The van der Waals surface area contributed by atoms with Crippen molar-refractivity contribution in [1.82, 2.24) is 9.97 Å². The molecule has 2 N–H and O–H groups in total. The van der Waals surface area contributed by atoms with Gasteiger partial charge in [-0.15, -0.1) is 0 Å². The van der Waals surface area contributed by atoms with Gasteiger partial charge in [0.05, 0.1) is 29.1 Å². The maximum absolute atomic E-state index is 13.2. The van der Waals surface area contributed by atoms with E-state index in [9.17, 15) is 19.7 Å². The predicted octanol–water partition coefficient (Wildman–Crippen LogP) is 4.63. The lowest BCUT2D eigenvalue weighted by molar-refractivity contribution is -0.384. The molecule has 0 amide bonds. The smallest absolute Gasteiger partial charge is 0.336 e.